The second-order valence-electron chi connectivity index (χ2n) is 8.52. The summed E-state index contributed by atoms with van der Waals surface area (Å²) in [5.41, 5.74) is 3.06. The summed E-state index contributed by atoms with van der Waals surface area (Å²) in [7, 11) is 0. The molecule has 0 radical (unpaired) electrons. The number of hydrogen-bond donors (Lipinski definition) is 2. The molecule has 1 aromatic heterocycles. The third kappa shape index (κ3) is 4.40. The molecule has 0 bridgehead atoms. The molecule has 8 heteroatoms. The molecular weight excluding hydrogens is 401 g/mol. The number of rotatable bonds is 5. The molecule has 2 aromatic carbocycles. The summed E-state index contributed by atoms with van der Waals surface area (Å²) in [6, 6.07) is 11.8. The van der Waals surface area contributed by atoms with Crippen LogP contribution in [0.4, 0.5) is 4.39 Å². The van der Waals surface area contributed by atoms with Crippen LogP contribution in [0.1, 0.15) is 30.4 Å². The Kier molecular flexibility index (Phi) is 5.11. The van der Waals surface area contributed by atoms with Gasteiger partial charge < -0.3 is 14.4 Å². The number of hydrogen-bond acceptors (Lipinski definition) is 6. The van der Waals surface area contributed by atoms with E-state index in [-0.39, 0.29) is 11.9 Å². The molecule has 2 aliphatic rings. The summed E-state index contributed by atoms with van der Waals surface area (Å²) in [5, 5.41) is 15.2. The number of aromatic amines is 1. The maximum atomic E-state index is 13.1. The zero-order valence-electron chi connectivity index (χ0n) is 17.0. The number of oxazole rings is 1. The van der Waals surface area contributed by atoms with Crippen molar-refractivity contribution in [1.82, 2.24) is 9.88 Å². The zero-order chi connectivity index (χ0) is 21.4. The lowest BCUT2D eigenvalue weighted by atomic mass is 9.85. The zero-order valence-corrected chi connectivity index (χ0v) is 17.0. The van der Waals surface area contributed by atoms with Crippen LogP contribution in [0.15, 0.2) is 56.8 Å². The molecule has 2 N–H and O–H groups in total. The number of benzene rings is 2. The van der Waals surface area contributed by atoms with E-state index in [2.05, 4.69) is 15.0 Å². The van der Waals surface area contributed by atoms with Crippen molar-refractivity contribution < 1.29 is 18.8 Å². The minimum Gasteiger partial charge on any atom is -0.408 e. The molecule has 5 rings (SSSR count). The van der Waals surface area contributed by atoms with Crippen molar-refractivity contribution in [2.75, 3.05) is 19.6 Å². The molecule has 3 aromatic rings. The fourth-order valence-electron chi connectivity index (χ4n) is 4.42. The molecule has 31 heavy (non-hydrogen) atoms. The summed E-state index contributed by atoms with van der Waals surface area (Å²) in [6.45, 7) is 2.28. The monoisotopic (exact) mass is 425 g/mol. The lowest BCUT2D eigenvalue weighted by Gasteiger charge is -2.38. The number of nitrogens with zero attached hydrogens (tertiary/aromatic N) is 2. The number of oxime groups is 1. The number of H-pyrrole nitrogens is 1. The van der Waals surface area contributed by atoms with Gasteiger partial charge in [0.05, 0.1) is 16.8 Å². The lowest BCUT2D eigenvalue weighted by Crippen LogP contribution is -2.47. The molecule has 1 fully saturated rings. The number of fused-ring (bicyclic) bond motifs is 1. The first kappa shape index (κ1) is 20.0. The standard InChI is InChI=1S/C23H24FN3O4/c24-17-4-1-15(2-5-17)13-23(29)7-9-27(10-8-23)14-18-12-20(26-31-18)16-3-6-19-21(11-16)30-22(28)25-19/h1-6,11,18,29H,7-10,12-14H2,(H,25,28). The smallest absolute Gasteiger partial charge is 0.408 e. The maximum absolute atomic E-state index is 13.1. The second kappa shape index (κ2) is 7.94. The number of aromatic nitrogens is 1. The fraction of sp³-hybridized carbons (Fsp3) is 0.391. The number of piperidine rings is 1. The highest BCUT2D eigenvalue weighted by molar-refractivity contribution is 6.03. The van der Waals surface area contributed by atoms with Gasteiger partial charge in [0, 0.05) is 38.0 Å². The second-order valence-corrected chi connectivity index (χ2v) is 8.52. The van der Waals surface area contributed by atoms with Crippen LogP contribution in [-0.4, -0.2) is 52.0 Å². The van der Waals surface area contributed by atoms with E-state index in [1.54, 1.807) is 24.3 Å². The Balaban J connectivity index is 1.14. The molecule has 0 amide bonds. The average molecular weight is 425 g/mol. The average Bonchev–Trinajstić information content (AvgIpc) is 3.36. The predicted molar refractivity (Wildman–Crippen MR) is 114 cm³/mol. The minimum absolute atomic E-state index is 0.0489. The van der Waals surface area contributed by atoms with E-state index < -0.39 is 11.4 Å². The van der Waals surface area contributed by atoms with Gasteiger partial charge in [-0.05, 0) is 42.7 Å². The summed E-state index contributed by atoms with van der Waals surface area (Å²) in [4.78, 5) is 21.9. The molecule has 0 aliphatic carbocycles. The van der Waals surface area contributed by atoms with Crippen molar-refractivity contribution in [2.45, 2.75) is 37.4 Å². The van der Waals surface area contributed by atoms with Crippen molar-refractivity contribution in [3.8, 4) is 0 Å². The van der Waals surface area contributed by atoms with Crippen molar-refractivity contribution in [3.05, 3.63) is 70.0 Å². The first-order valence-corrected chi connectivity index (χ1v) is 10.5. The van der Waals surface area contributed by atoms with Crippen LogP contribution in [0, 0.1) is 5.82 Å². The third-order valence-electron chi connectivity index (χ3n) is 6.18. The molecule has 1 saturated heterocycles. The minimum atomic E-state index is -0.761. The normalized spacial score (nSPS) is 21.2. The van der Waals surface area contributed by atoms with Crippen LogP contribution in [-0.2, 0) is 11.3 Å². The van der Waals surface area contributed by atoms with E-state index in [0.717, 1.165) is 36.5 Å². The van der Waals surface area contributed by atoms with Crippen molar-refractivity contribution in [2.24, 2.45) is 5.16 Å². The van der Waals surface area contributed by atoms with Crippen LogP contribution in [0.25, 0.3) is 11.1 Å². The molecule has 162 valence electrons. The van der Waals surface area contributed by atoms with Crippen molar-refractivity contribution in [3.63, 3.8) is 0 Å². The first-order valence-electron chi connectivity index (χ1n) is 10.5. The lowest BCUT2D eigenvalue weighted by molar-refractivity contribution is -0.0340. The van der Waals surface area contributed by atoms with E-state index in [0.29, 0.717) is 36.8 Å². The Labute approximate surface area is 178 Å². The molecule has 3 heterocycles. The molecule has 0 spiro atoms. The Bertz CT molecular complexity index is 1160. The van der Waals surface area contributed by atoms with E-state index in [1.165, 1.54) is 12.1 Å². The van der Waals surface area contributed by atoms with E-state index >= 15 is 0 Å². The van der Waals surface area contributed by atoms with Gasteiger partial charge in [-0.25, -0.2) is 9.18 Å². The highest BCUT2D eigenvalue weighted by Crippen LogP contribution is 2.28. The highest BCUT2D eigenvalue weighted by atomic mass is 19.1. The number of aliphatic hydroxyl groups is 1. The Hall–Kier alpha value is -2.97. The van der Waals surface area contributed by atoms with Gasteiger partial charge >= 0.3 is 5.76 Å². The summed E-state index contributed by atoms with van der Waals surface area (Å²) < 4.78 is 18.2. The Morgan fingerprint density at radius 1 is 1.19 bits per heavy atom. The predicted octanol–water partition coefficient (Wildman–Crippen LogP) is 2.82. The molecule has 1 unspecified atom stereocenters. The molecule has 0 saturated carbocycles. The van der Waals surface area contributed by atoms with Gasteiger partial charge in [0.25, 0.3) is 0 Å². The van der Waals surface area contributed by atoms with Gasteiger partial charge in [0.15, 0.2) is 5.58 Å². The molecule has 2 aliphatic heterocycles. The van der Waals surface area contributed by atoms with Gasteiger partial charge in [0.1, 0.15) is 11.9 Å². The molecular formula is C23H24FN3O4. The third-order valence-corrected chi connectivity index (χ3v) is 6.18. The number of likely N-dealkylation sites (tertiary alicyclic amines) is 1. The maximum Gasteiger partial charge on any atom is 0.417 e. The van der Waals surface area contributed by atoms with Gasteiger partial charge in [0.2, 0.25) is 0 Å². The first-order chi connectivity index (χ1) is 15.0. The van der Waals surface area contributed by atoms with Gasteiger partial charge in [-0.3, -0.25) is 9.88 Å². The van der Waals surface area contributed by atoms with Crippen molar-refractivity contribution in [1.29, 1.82) is 0 Å². The topological polar surface area (TPSA) is 91.1 Å². The van der Waals surface area contributed by atoms with Crippen LogP contribution in [0.3, 0.4) is 0 Å². The largest absolute Gasteiger partial charge is 0.417 e. The van der Waals surface area contributed by atoms with Crippen LogP contribution >= 0.6 is 0 Å². The molecule has 7 nitrogen and oxygen atoms in total. The fourth-order valence-corrected chi connectivity index (χ4v) is 4.42. The number of halogens is 1. The SMILES string of the molecule is O=c1[nH]c2ccc(C3=NOC(CN4CCC(O)(Cc5ccc(F)cc5)CC4)C3)cc2o1. The Morgan fingerprint density at radius 2 is 1.97 bits per heavy atom. The number of nitrogens with one attached hydrogen (secondary N) is 1. The summed E-state index contributed by atoms with van der Waals surface area (Å²) in [6.07, 6.45) is 2.48. The van der Waals surface area contributed by atoms with Gasteiger partial charge in [-0.1, -0.05) is 23.4 Å². The van der Waals surface area contributed by atoms with E-state index in [9.17, 15) is 14.3 Å². The van der Waals surface area contributed by atoms with E-state index in [1.807, 2.05) is 6.07 Å². The quantitative estimate of drug-likeness (QED) is 0.656. The Morgan fingerprint density at radius 3 is 2.74 bits per heavy atom. The summed E-state index contributed by atoms with van der Waals surface area (Å²) in [5.74, 6) is -0.736. The van der Waals surface area contributed by atoms with Crippen molar-refractivity contribution >= 4 is 16.8 Å². The highest BCUT2D eigenvalue weighted by Gasteiger charge is 2.34. The summed E-state index contributed by atoms with van der Waals surface area (Å²) >= 11 is 0. The van der Waals surface area contributed by atoms with Crippen LogP contribution in [0.5, 0.6) is 0 Å². The molecule has 1 atom stereocenters. The van der Waals surface area contributed by atoms with Crippen LogP contribution in [0.2, 0.25) is 0 Å². The van der Waals surface area contributed by atoms with Crippen LogP contribution < -0.4 is 5.76 Å². The van der Waals surface area contributed by atoms with Gasteiger partial charge in [-0.15, -0.1) is 0 Å². The van der Waals surface area contributed by atoms with Gasteiger partial charge in [-0.2, -0.15) is 0 Å². The van der Waals surface area contributed by atoms with E-state index in [4.69, 9.17) is 9.25 Å².